The molecule has 1 fully saturated rings. The van der Waals surface area contributed by atoms with Gasteiger partial charge in [0, 0.05) is 31.3 Å². The Bertz CT molecular complexity index is 340. The third-order valence-corrected chi connectivity index (χ3v) is 3.27. The van der Waals surface area contributed by atoms with E-state index in [0.717, 1.165) is 31.7 Å². The topological polar surface area (TPSA) is 53.1 Å². The SMILES string of the molecule is Cc1cc(CC2(CN)CCOC2)n(C)n1. The highest BCUT2D eigenvalue weighted by molar-refractivity contribution is 5.11. The van der Waals surface area contributed by atoms with Gasteiger partial charge in [-0.05, 0) is 25.8 Å². The Morgan fingerprint density at radius 1 is 1.67 bits per heavy atom. The van der Waals surface area contributed by atoms with Crippen molar-refractivity contribution in [3.8, 4) is 0 Å². The molecule has 1 aromatic rings. The summed E-state index contributed by atoms with van der Waals surface area (Å²) in [5.74, 6) is 0. The summed E-state index contributed by atoms with van der Waals surface area (Å²) in [7, 11) is 1.99. The number of nitrogens with two attached hydrogens (primary N) is 1. The lowest BCUT2D eigenvalue weighted by molar-refractivity contribution is 0.153. The average molecular weight is 209 g/mol. The Kier molecular flexibility index (Phi) is 2.80. The molecule has 2 heterocycles. The molecule has 0 aromatic carbocycles. The molecule has 0 aliphatic carbocycles. The maximum absolute atomic E-state index is 5.86. The molecule has 1 unspecified atom stereocenters. The van der Waals surface area contributed by atoms with E-state index in [1.54, 1.807) is 0 Å². The van der Waals surface area contributed by atoms with Crippen molar-refractivity contribution in [3.63, 3.8) is 0 Å². The van der Waals surface area contributed by atoms with Gasteiger partial charge in [-0.3, -0.25) is 4.68 Å². The lowest BCUT2D eigenvalue weighted by atomic mass is 9.82. The average Bonchev–Trinajstić information content (AvgIpc) is 2.76. The van der Waals surface area contributed by atoms with Crippen LogP contribution in [0.25, 0.3) is 0 Å². The molecule has 0 bridgehead atoms. The molecule has 1 aliphatic rings. The zero-order valence-corrected chi connectivity index (χ0v) is 9.49. The van der Waals surface area contributed by atoms with Crippen LogP contribution in [-0.4, -0.2) is 29.5 Å². The van der Waals surface area contributed by atoms with Gasteiger partial charge in [0.05, 0.1) is 12.3 Å². The van der Waals surface area contributed by atoms with E-state index in [4.69, 9.17) is 10.5 Å². The highest BCUT2D eigenvalue weighted by atomic mass is 16.5. The number of nitrogens with zero attached hydrogens (tertiary/aromatic N) is 2. The molecule has 1 aromatic heterocycles. The summed E-state index contributed by atoms with van der Waals surface area (Å²) in [5.41, 5.74) is 8.32. The highest BCUT2D eigenvalue weighted by Gasteiger charge is 2.34. The molecule has 0 radical (unpaired) electrons. The number of hydrogen-bond donors (Lipinski definition) is 1. The lowest BCUT2D eigenvalue weighted by Crippen LogP contribution is -2.33. The Morgan fingerprint density at radius 3 is 2.93 bits per heavy atom. The van der Waals surface area contributed by atoms with E-state index >= 15 is 0 Å². The van der Waals surface area contributed by atoms with E-state index < -0.39 is 0 Å². The van der Waals surface area contributed by atoms with Gasteiger partial charge in [-0.25, -0.2) is 0 Å². The first-order valence-corrected chi connectivity index (χ1v) is 5.43. The quantitative estimate of drug-likeness (QED) is 0.794. The van der Waals surface area contributed by atoms with Crippen LogP contribution >= 0.6 is 0 Å². The largest absolute Gasteiger partial charge is 0.381 e. The van der Waals surface area contributed by atoms with E-state index in [1.165, 1.54) is 5.69 Å². The van der Waals surface area contributed by atoms with Crippen LogP contribution in [0, 0.1) is 12.3 Å². The molecule has 84 valence electrons. The minimum absolute atomic E-state index is 0.139. The maximum atomic E-state index is 5.86. The Hall–Kier alpha value is -0.870. The van der Waals surface area contributed by atoms with Crippen molar-refractivity contribution in [2.24, 2.45) is 18.2 Å². The molecule has 0 spiro atoms. The second-order valence-corrected chi connectivity index (χ2v) is 4.58. The zero-order chi connectivity index (χ0) is 10.9. The van der Waals surface area contributed by atoms with Crippen molar-refractivity contribution in [3.05, 3.63) is 17.5 Å². The fourth-order valence-electron chi connectivity index (χ4n) is 2.24. The van der Waals surface area contributed by atoms with Crippen molar-refractivity contribution < 1.29 is 4.74 Å². The number of ether oxygens (including phenoxy) is 1. The van der Waals surface area contributed by atoms with Crippen LogP contribution in [0.2, 0.25) is 0 Å². The Labute approximate surface area is 90.4 Å². The summed E-state index contributed by atoms with van der Waals surface area (Å²) in [4.78, 5) is 0. The molecular weight excluding hydrogens is 190 g/mol. The van der Waals surface area contributed by atoms with Crippen LogP contribution in [0.3, 0.4) is 0 Å². The first kappa shape index (κ1) is 10.6. The number of rotatable bonds is 3. The van der Waals surface area contributed by atoms with E-state index in [2.05, 4.69) is 11.2 Å². The molecule has 4 nitrogen and oxygen atoms in total. The first-order chi connectivity index (χ1) is 7.15. The van der Waals surface area contributed by atoms with Crippen LogP contribution < -0.4 is 5.73 Å². The van der Waals surface area contributed by atoms with Gasteiger partial charge in [0.2, 0.25) is 0 Å². The fourth-order valence-corrected chi connectivity index (χ4v) is 2.24. The van der Waals surface area contributed by atoms with Crippen LogP contribution in [0.5, 0.6) is 0 Å². The molecule has 15 heavy (non-hydrogen) atoms. The van der Waals surface area contributed by atoms with Gasteiger partial charge in [0.15, 0.2) is 0 Å². The molecule has 0 amide bonds. The van der Waals surface area contributed by atoms with Gasteiger partial charge >= 0.3 is 0 Å². The molecule has 0 saturated carbocycles. The van der Waals surface area contributed by atoms with E-state index in [0.29, 0.717) is 6.54 Å². The summed E-state index contributed by atoms with van der Waals surface area (Å²) in [6.07, 6.45) is 2.04. The molecule has 2 N–H and O–H groups in total. The molecule has 2 rings (SSSR count). The summed E-state index contributed by atoms with van der Waals surface area (Å²) < 4.78 is 7.41. The summed E-state index contributed by atoms with van der Waals surface area (Å²) in [5, 5.41) is 4.35. The standard InChI is InChI=1S/C11H19N3O/c1-9-5-10(14(2)13-9)6-11(7-12)3-4-15-8-11/h5H,3-4,6-8,12H2,1-2H3. The molecule has 1 atom stereocenters. The van der Waals surface area contributed by atoms with Crippen molar-refractivity contribution in [1.82, 2.24) is 9.78 Å². The van der Waals surface area contributed by atoms with Crippen molar-refractivity contribution in [1.29, 1.82) is 0 Å². The summed E-state index contributed by atoms with van der Waals surface area (Å²) >= 11 is 0. The van der Waals surface area contributed by atoms with Crippen molar-refractivity contribution in [2.45, 2.75) is 19.8 Å². The first-order valence-electron chi connectivity index (χ1n) is 5.43. The highest BCUT2D eigenvalue weighted by Crippen LogP contribution is 2.31. The van der Waals surface area contributed by atoms with Crippen molar-refractivity contribution in [2.75, 3.05) is 19.8 Å². The van der Waals surface area contributed by atoms with Crippen LogP contribution in [0.15, 0.2) is 6.07 Å². The molecular formula is C11H19N3O. The van der Waals surface area contributed by atoms with Crippen LogP contribution in [-0.2, 0) is 18.2 Å². The number of aromatic nitrogens is 2. The van der Waals surface area contributed by atoms with E-state index in [1.807, 2.05) is 18.7 Å². The molecule has 1 saturated heterocycles. The van der Waals surface area contributed by atoms with Crippen LogP contribution in [0.4, 0.5) is 0 Å². The smallest absolute Gasteiger partial charge is 0.0596 e. The zero-order valence-electron chi connectivity index (χ0n) is 9.49. The second kappa shape index (κ2) is 3.94. The van der Waals surface area contributed by atoms with E-state index in [-0.39, 0.29) is 5.41 Å². The van der Waals surface area contributed by atoms with Crippen LogP contribution in [0.1, 0.15) is 17.8 Å². The van der Waals surface area contributed by atoms with Gasteiger partial charge in [-0.1, -0.05) is 0 Å². The Balaban J connectivity index is 2.16. The van der Waals surface area contributed by atoms with E-state index in [9.17, 15) is 0 Å². The predicted octanol–water partition coefficient (Wildman–Crippen LogP) is 0.636. The summed E-state index contributed by atoms with van der Waals surface area (Å²) in [6, 6.07) is 2.13. The van der Waals surface area contributed by atoms with Gasteiger partial charge < -0.3 is 10.5 Å². The van der Waals surface area contributed by atoms with Gasteiger partial charge in [0.1, 0.15) is 0 Å². The minimum atomic E-state index is 0.139. The molecule has 1 aliphatic heterocycles. The number of hydrogen-bond acceptors (Lipinski definition) is 3. The monoisotopic (exact) mass is 209 g/mol. The third kappa shape index (κ3) is 2.06. The fraction of sp³-hybridized carbons (Fsp3) is 0.727. The lowest BCUT2D eigenvalue weighted by Gasteiger charge is -2.25. The van der Waals surface area contributed by atoms with Gasteiger partial charge in [-0.15, -0.1) is 0 Å². The van der Waals surface area contributed by atoms with Gasteiger partial charge in [0.25, 0.3) is 0 Å². The minimum Gasteiger partial charge on any atom is -0.381 e. The predicted molar refractivity (Wildman–Crippen MR) is 58.6 cm³/mol. The second-order valence-electron chi connectivity index (χ2n) is 4.58. The third-order valence-electron chi connectivity index (χ3n) is 3.27. The molecule has 4 heteroatoms. The Morgan fingerprint density at radius 2 is 2.47 bits per heavy atom. The maximum Gasteiger partial charge on any atom is 0.0596 e. The van der Waals surface area contributed by atoms with Gasteiger partial charge in [-0.2, -0.15) is 5.10 Å². The van der Waals surface area contributed by atoms with Crippen molar-refractivity contribution >= 4 is 0 Å². The normalized spacial score (nSPS) is 26.1. The summed E-state index contributed by atoms with van der Waals surface area (Å²) in [6.45, 7) is 4.34. The number of aryl methyl sites for hydroxylation is 2.